The fraction of sp³-hybridized carbons (Fsp3) is 0.409. The van der Waals surface area contributed by atoms with Gasteiger partial charge >= 0.3 is 0 Å². The molecule has 4 heteroatoms. The molecule has 1 N–H and O–H groups in total. The van der Waals surface area contributed by atoms with Gasteiger partial charge in [0.2, 0.25) is 0 Å². The Kier molecular flexibility index (Phi) is 7.52. The molecule has 0 saturated heterocycles. The Balaban J connectivity index is 1.80. The van der Waals surface area contributed by atoms with Crippen molar-refractivity contribution in [3.63, 3.8) is 0 Å². The van der Waals surface area contributed by atoms with Crippen molar-refractivity contribution in [2.45, 2.75) is 46.6 Å². The van der Waals surface area contributed by atoms with E-state index in [0.29, 0.717) is 19.6 Å². The number of hydrogen-bond acceptors (Lipinski definition) is 3. The van der Waals surface area contributed by atoms with Gasteiger partial charge in [0.15, 0.2) is 6.10 Å². The molecule has 0 radical (unpaired) electrons. The molecule has 0 aliphatic rings. The molecule has 26 heavy (non-hydrogen) atoms. The first kappa shape index (κ1) is 19.8. The highest BCUT2D eigenvalue weighted by Gasteiger charge is 2.18. The summed E-state index contributed by atoms with van der Waals surface area (Å²) in [6.45, 7) is 8.93. The Morgan fingerprint density at radius 3 is 2.46 bits per heavy atom. The minimum Gasteiger partial charge on any atom is -0.492 e. The van der Waals surface area contributed by atoms with E-state index in [2.05, 4.69) is 24.4 Å². The predicted molar refractivity (Wildman–Crippen MR) is 105 cm³/mol. The zero-order chi connectivity index (χ0) is 18.9. The molecule has 1 amide bonds. The van der Waals surface area contributed by atoms with E-state index in [-0.39, 0.29) is 5.91 Å². The van der Waals surface area contributed by atoms with Crippen molar-refractivity contribution in [1.29, 1.82) is 0 Å². The van der Waals surface area contributed by atoms with Crippen molar-refractivity contribution in [3.8, 4) is 11.5 Å². The summed E-state index contributed by atoms with van der Waals surface area (Å²) in [7, 11) is 0. The van der Waals surface area contributed by atoms with E-state index in [0.717, 1.165) is 29.0 Å². The summed E-state index contributed by atoms with van der Waals surface area (Å²) in [5, 5.41) is 2.89. The number of amides is 1. The molecule has 1 atom stereocenters. The average molecular weight is 355 g/mol. The van der Waals surface area contributed by atoms with Crippen LogP contribution in [0.5, 0.6) is 11.5 Å². The monoisotopic (exact) mass is 355 g/mol. The molecule has 0 fully saturated rings. The van der Waals surface area contributed by atoms with Gasteiger partial charge in [-0.3, -0.25) is 4.79 Å². The highest BCUT2D eigenvalue weighted by atomic mass is 16.5. The van der Waals surface area contributed by atoms with Crippen molar-refractivity contribution >= 4 is 5.91 Å². The van der Waals surface area contributed by atoms with Crippen molar-refractivity contribution in [3.05, 3.63) is 59.2 Å². The molecular formula is C22H29NO3. The maximum atomic E-state index is 12.4. The topological polar surface area (TPSA) is 47.6 Å². The van der Waals surface area contributed by atoms with Gasteiger partial charge in [-0.15, -0.1) is 0 Å². The second-order valence-electron chi connectivity index (χ2n) is 6.42. The first-order chi connectivity index (χ1) is 12.5. The van der Waals surface area contributed by atoms with Gasteiger partial charge < -0.3 is 14.8 Å². The summed E-state index contributed by atoms with van der Waals surface area (Å²) < 4.78 is 11.6. The number of ether oxygens (including phenoxy) is 2. The summed E-state index contributed by atoms with van der Waals surface area (Å²) in [5.74, 6) is 1.47. The summed E-state index contributed by atoms with van der Waals surface area (Å²) in [5.41, 5.74) is 3.42. The van der Waals surface area contributed by atoms with Gasteiger partial charge in [0.25, 0.3) is 5.91 Å². The zero-order valence-corrected chi connectivity index (χ0v) is 16.2. The van der Waals surface area contributed by atoms with Gasteiger partial charge in [-0.2, -0.15) is 0 Å². The molecule has 0 saturated carbocycles. The Hall–Kier alpha value is -2.49. The largest absolute Gasteiger partial charge is 0.492 e. The normalized spacial score (nSPS) is 11.7. The maximum Gasteiger partial charge on any atom is 0.261 e. The summed E-state index contributed by atoms with van der Waals surface area (Å²) in [6, 6.07) is 14.0. The third-order valence-electron chi connectivity index (χ3n) is 4.28. The zero-order valence-electron chi connectivity index (χ0n) is 16.2. The highest BCUT2D eigenvalue weighted by Crippen LogP contribution is 2.21. The molecule has 0 bridgehead atoms. The molecule has 0 aliphatic carbocycles. The fourth-order valence-electron chi connectivity index (χ4n) is 2.59. The first-order valence-corrected chi connectivity index (χ1v) is 9.26. The van der Waals surface area contributed by atoms with Gasteiger partial charge in [0.05, 0.1) is 6.54 Å². The van der Waals surface area contributed by atoms with Crippen LogP contribution < -0.4 is 14.8 Å². The van der Waals surface area contributed by atoms with Crippen LogP contribution in [0.2, 0.25) is 0 Å². The van der Waals surface area contributed by atoms with Crippen LogP contribution in [0.3, 0.4) is 0 Å². The maximum absolute atomic E-state index is 12.4. The van der Waals surface area contributed by atoms with Crippen LogP contribution in [0.1, 0.15) is 37.0 Å². The Labute approximate surface area is 156 Å². The number of hydrogen-bond donors (Lipinski definition) is 1. The van der Waals surface area contributed by atoms with Crippen LogP contribution in [-0.2, 0) is 11.2 Å². The molecule has 4 nitrogen and oxygen atoms in total. The van der Waals surface area contributed by atoms with E-state index in [9.17, 15) is 4.79 Å². The number of benzene rings is 2. The second-order valence-corrected chi connectivity index (χ2v) is 6.42. The molecule has 2 rings (SSSR count). The van der Waals surface area contributed by atoms with Crippen LogP contribution in [0, 0.1) is 13.8 Å². The van der Waals surface area contributed by atoms with E-state index in [1.807, 2.05) is 51.1 Å². The lowest BCUT2D eigenvalue weighted by molar-refractivity contribution is -0.128. The number of aryl methyl sites for hydroxylation is 3. The smallest absolute Gasteiger partial charge is 0.261 e. The van der Waals surface area contributed by atoms with Gasteiger partial charge in [0, 0.05) is 0 Å². The third-order valence-corrected chi connectivity index (χ3v) is 4.28. The van der Waals surface area contributed by atoms with Crippen LogP contribution in [0.15, 0.2) is 42.5 Å². The van der Waals surface area contributed by atoms with Crippen molar-refractivity contribution in [1.82, 2.24) is 5.32 Å². The van der Waals surface area contributed by atoms with Crippen LogP contribution in [-0.4, -0.2) is 25.2 Å². The first-order valence-electron chi connectivity index (χ1n) is 9.26. The minimum absolute atomic E-state index is 0.113. The van der Waals surface area contributed by atoms with Crippen molar-refractivity contribution in [2.24, 2.45) is 0 Å². The number of nitrogens with one attached hydrogen (secondary N) is 1. The SMILES string of the molecule is CCc1ccc(OCCNC(=O)C(CC)Oc2cc(C)ccc2C)cc1. The number of carbonyl (C=O) groups is 1. The molecule has 0 spiro atoms. The molecule has 2 aromatic carbocycles. The highest BCUT2D eigenvalue weighted by molar-refractivity contribution is 5.81. The Bertz CT molecular complexity index is 710. The fourth-order valence-corrected chi connectivity index (χ4v) is 2.59. The molecule has 1 unspecified atom stereocenters. The molecule has 0 aromatic heterocycles. The average Bonchev–Trinajstić information content (AvgIpc) is 2.66. The third kappa shape index (κ3) is 5.80. The standard InChI is InChI=1S/C22H29NO3/c1-5-18-9-11-19(12-10-18)25-14-13-23-22(24)20(6-2)26-21-15-16(3)7-8-17(21)4/h7-12,15,20H,5-6,13-14H2,1-4H3,(H,23,24). The van der Waals surface area contributed by atoms with Gasteiger partial charge in [-0.25, -0.2) is 0 Å². The van der Waals surface area contributed by atoms with Crippen molar-refractivity contribution in [2.75, 3.05) is 13.2 Å². The van der Waals surface area contributed by atoms with E-state index < -0.39 is 6.10 Å². The van der Waals surface area contributed by atoms with E-state index in [1.54, 1.807) is 0 Å². The quantitative estimate of drug-likeness (QED) is 0.685. The lowest BCUT2D eigenvalue weighted by Crippen LogP contribution is -2.39. The predicted octanol–water partition coefficient (Wildman–Crippen LogP) is 4.22. The summed E-state index contributed by atoms with van der Waals surface area (Å²) >= 11 is 0. The van der Waals surface area contributed by atoms with Crippen molar-refractivity contribution < 1.29 is 14.3 Å². The van der Waals surface area contributed by atoms with E-state index in [1.165, 1.54) is 5.56 Å². The number of carbonyl (C=O) groups excluding carboxylic acids is 1. The van der Waals surface area contributed by atoms with Gasteiger partial charge in [-0.05, 0) is 61.6 Å². The van der Waals surface area contributed by atoms with E-state index in [4.69, 9.17) is 9.47 Å². The lowest BCUT2D eigenvalue weighted by atomic mass is 10.1. The van der Waals surface area contributed by atoms with Crippen LogP contribution in [0.4, 0.5) is 0 Å². The molecule has 0 heterocycles. The van der Waals surface area contributed by atoms with Crippen LogP contribution >= 0.6 is 0 Å². The molecule has 2 aromatic rings. The lowest BCUT2D eigenvalue weighted by Gasteiger charge is -2.19. The number of rotatable bonds is 9. The molecular weight excluding hydrogens is 326 g/mol. The Morgan fingerprint density at radius 2 is 1.81 bits per heavy atom. The Morgan fingerprint density at radius 1 is 1.08 bits per heavy atom. The summed E-state index contributed by atoms with van der Waals surface area (Å²) in [6.07, 6.45) is 1.12. The second kappa shape index (κ2) is 9.85. The minimum atomic E-state index is -0.501. The molecule has 0 aliphatic heterocycles. The van der Waals surface area contributed by atoms with Gasteiger partial charge in [-0.1, -0.05) is 38.1 Å². The molecule has 140 valence electrons. The summed E-state index contributed by atoms with van der Waals surface area (Å²) in [4.78, 5) is 12.4. The van der Waals surface area contributed by atoms with E-state index >= 15 is 0 Å². The van der Waals surface area contributed by atoms with Crippen LogP contribution in [0.25, 0.3) is 0 Å². The van der Waals surface area contributed by atoms with Gasteiger partial charge in [0.1, 0.15) is 18.1 Å².